The Balaban J connectivity index is 1.91. The number of carbonyl (C=O) groups excluding carboxylic acids is 1. The summed E-state index contributed by atoms with van der Waals surface area (Å²) < 4.78 is 13.5. The van der Waals surface area contributed by atoms with Crippen molar-refractivity contribution in [2.75, 3.05) is 11.9 Å². The first-order valence-electron chi connectivity index (χ1n) is 5.67. The van der Waals surface area contributed by atoms with Gasteiger partial charge in [-0.15, -0.1) is 0 Å². The van der Waals surface area contributed by atoms with Crippen LogP contribution in [0.15, 0.2) is 18.2 Å². The fraction of sp³-hybridized carbons (Fsp3) is 0.333. The predicted octanol–water partition coefficient (Wildman–Crippen LogP) is 2.47. The molecule has 3 N–H and O–H groups in total. The summed E-state index contributed by atoms with van der Waals surface area (Å²) in [5.74, 6) is -1.65. The summed E-state index contributed by atoms with van der Waals surface area (Å²) in [5, 5.41) is 13.6. The maximum Gasteiger partial charge on any atom is 0.319 e. The van der Waals surface area contributed by atoms with Crippen molar-refractivity contribution >= 4 is 29.3 Å². The number of rotatable bonds is 4. The number of carbonyl (C=O) groups is 2. The Morgan fingerprint density at radius 2 is 2.11 bits per heavy atom. The molecule has 2 rings (SSSR count). The Kier molecular flexibility index (Phi) is 3.61. The van der Waals surface area contributed by atoms with Crippen molar-refractivity contribution in [2.24, 2.45) is 5.41 Å². The Hall–Kier alpha value is -1.82. The van der Waals surface area contributed by atoms with E-state index in [2.05, 4.69) is 10.6 Å². The van der Waals surface area contributed by atoms with Crippen molar-refractivity contribution in [3.05, 3.63) is 29.0 Å². The van der Waals surface area contributed by atoms with Crippen LogP contribution >= 0.6 is 11.6 Å². The van der Waals surface area contributed by atoms with Crippen molar-refractivity contribution in [3.63, 3.8) is 0 Å². The van der Waals surface area contributed by atoms with E-state index in [1.807, 2.05) is 0 Å². The maximum atomic E-state index is 13.5. The molecule has 1 aliphatic carbocycles. The van der Waals surface area contributed by atoms with E-state index in [4.69, 9.17) is 16.7 Å². The molecule has 7 heteroatoms. The highest BCUT2D eigenvalue weighted by Crippen LogP contribution is 2.45. The van der Waals surface area contributed by atoms with Gasteiger partial charge in [0, 0.05) is 6.54 Å². The van der Waals surface area contributed by atoms with Crippen LogP contribution in [0.4, 0.5) is 14.9 Å². The largest absolute Gasteiger partial charge is 0.481 e. The molecule has 0 spiro atoms. The molecule has 0 saturated heterocycles. The summed E-state index contributed by atoms with van der Waals surface area (Å²) in [6.07, 6.45) is 1.07. The minimum absolute atomic E-state index is 0.0242. The molecule has 1 saturated carbocycles. The van der Waals surface area contributed by atoms with Crippen molar-refractivity contribution in [1.29, 1.82) is 0 Å². The van der Waals surface area contributed by atoms with Crippen LogP contribution in [-0.2, 0) is 4.79 Å². The normalized spacial score (nSPS) is 15.7. The lowest BCUT2D eigenvalue weighted by Crippen LogP contribution is -2.37. The topological polar surface area (TPSA) is 78.4 Å². The second-order valence-corrected chi connectivity index (χ2v) is 4.90. The van der Waals surface area contributed by atoms with E-state index in [0.29, 0.717) is 12.8 Å². The molecular formula is C12H12ClFN2O3. The molecule has 2 amide bonds. The number of amides is 2. The third-order valence-corrected chi connectivity index (χ3v) is 3.39. The Morgan fingerprint density at radius 3 is 2.68 bits per heavy atom. The van der Waals surface area contributed by atoms with Gasteiger partial charge >= 0.3 is 12.0 Å². The van der Waals surface area contributed by atoms with E-state index >= 15 is 0 Å². The minimum atomic E-state index is -0.929. The molecule has 0 unspecified atom stereocenters. The predicted molar refractivity (Wildman–Crippen MR) is 67.7 cm³/mol. The minimum Gasteiger partial charge on any atom is -0.481 e. The van der Waals surface area contributed by atoms with Gasteiger partial charge in [0.2, 0.25) is 0 Å². The molecule has 0 heterocycles. The SMILES string of the molecule is O=C(NCC1(C(=O)O)CC1)Nc1cccc(Cl)c1F. The smallest absolute Gasteiger partial charge is 0.319 e. The first-order valence-corrected chi connectivity index (χ1v) is 6.05. The summed E-state index contributed by atoms with van der Waals surface area (Å²) >= 11 is 5.57. The van der Waals surface area contributed by atoms with Crippen LogP contribution < -0.4 is 10.6 Å². The van der Waals surface area contributed by atoms with E-state index < -0.39 is 23.2 Å². The van der Waals surface area contributed by atoms with E-state index in [1.165, 1.54) is 18.2 Å². The van der Waals surface area contributed by atoms with Crippen LogP contribution in [-0.4, -0.2) is 23.7 Å². The highest BCUT2D eigenvalue weighted by Gasteiger charge is 2.50. The lowest BCUT2D eigenvalue weighted by atomic mass is 10.1. The third-order valence-electron chi connectivity index (χ3n) is 3.09. The molecule has 1 aliphatic rings. The van der Waals surface area contributed by atoms with Crippen LogP contribution in [0.5, 0.6) is 0 Å². The Labute approximate surface area is 113 Å². The molecule has 0 atom stereocenters. The summed E-state index contributed by atoms with van der Waals surface area (Å²) in [5.41, 5.74) is -0.908. The second kappa shape index (κ2) is 5.05. The number of halogens is 2. The monoisotopic (exact) mass is 286 g/mol. The quantitative estimate of drug-likeness (QED) is 0.795. The number of carboxylic acids is 1. The van der Waals surface area contributed by atoms with Gasteiger partial charge in [0.1, 0.15) is 0 Å². The standard InChI is InChI=1S/C12H12ClFN2O3/c13-7-2-1-3-8(9(7)14)16-11(19)15-6-12(4-5-12)10(17)18/h1-3H,4-6H2,(H,17,18)(H2,15,16,19). The molecule has 19 heavy (non-hydrogen) atoms. The van der Waals surface area contributed by atoms with Crippen LogP contribution in [0, 0.1) is 11.2 Å². The molecule has 0 aliphatic heterocycles. The number of aliphatic carboxylic acids is 1. The second-order valence-electron chi connectivity index (χ2n) is 4.49. The fourth-order valence-corrected chi connectivity index (χ4v) is 1.81. The number of hydrogen-bond acceptors (Lipinski definition) is 2. The van der Waals surface area contributed by atoms with Crippen LogP contribution in [0.25, 0.3) is 0 Å². The van der Waals surface area contributed by atoms with Gasteiger partial charge < -0.3 is 15.7 Å². The van der Waals surface area contributed by atoms with Gasteiger partial charge in [-0.3, -0.25) is 4.79 Å². The van der Waals surface area contributed by atoms with Gasteiger partial charge in [0.15, 0.2) is 5.82 Å². The molecule has 1 fully saturated rings. The molecule has 0 radical (unpaired) electrons. The third kappa shape index (κ3) is 2.96. The molecule has 0 bridgehead atoms. The Bertz CT molecular complexity index is 532. The number of benzene rings is 1. The molecule has 0 aromatic heterocycles. The molecule has 1 aromatic rings. The van der Waals surface area contributed by atoms with Crippen molar-refractivity contribution in [2.45, 2.75) is 12.8 Å². The van der Waals surface area contributed by atoms with Gasteiger partial charge in [0.05, 0.1) is 16.1 Å². The highest BCUT2D eigenvalue weighted by atomic mass is 35.5. The summed E-state index contributed by atoms with van der Waals surface area (Å²) in [6, 6.07) is 3.57. The van der Waals surface area contributed by atoms with Crippen molar-refractivity contribution < 1.29 is 19.1 Å². The highest BCUT2D eigenvalue weighted by molar-refractivity contribution is 6.31. The van der Waals surface area contributed by atoms with E-state index in [9.17, 15) is 14.0 Å². The lowest BCUT2D eigenvalue weighted by Gasteiger charge is -2.12. The fourth-order valence-electron chi connectivity index (χ4n) is 1.63. The number of urea groups is 1. The maximum absolute atomic E-state index is 13.5. The average molecular weight is 287 g/mol. The molecule has 102 valence electrons. The average Bonchev–Trinajstić information content (AvgIpc) is 3.14. The first kappa shape index (κ1) is 13.6. The summed E-state index contributed by atoms with van der Waals surface area (Å²) in [6.45, 7) is 0.0242. The molecular weight excluding hydrogens is 275 g/mol. The first-order chi connectivity index (χ1) is 8.94. The molecule has 1 aromatic carbocycles. The number of nitrogens with one attached hydrogen (secondary N) is 2. The van der Waals surface area contributed by atoms with Gasteiger partial charge in [0.25, 0.3) is 0 Å². The van der Waals surface area contributed by atoms with Crippen LogP contribution in [0.1, 0.15) is 12.8 Å². The van der Waals surface area contributed by atoms with Crippen LogP contribution in [0.3, 0.4) is 0 Å². The van der Waals surface area contributed by atoms with Crippen LogP contribution in [0.2, 0.25) is 5.02 Å². The number of carboxylic acid groups (broad SMARTS) is 1. The number of hydrogen-bond donors (Lipinski definition) is 3. The van der Waals surface area contributed by atoms with Gasteiger partial charge in [-0.2, -0.15) is 0 Å². The lowest BCUT2D eigenvalue weighted by molar-refractivity contribution is -0.143. The summed E-state index contributed by atoms with van der Waals surface area (Å²) in [7, 11) is 0. The number of anilines is 1. The summed E-state index contributed by atoms with van der Waals surface area (Å²) in [4.78, 5) is 22.5. The van der Waals surface area contributed by atoms with E-state index in [-0.39, 0.29) is 17.3 Å². The zero-order valence-corrected chi connectivity index (χ0v) is 10.6. The van der Waals surface area contributed by atoms with E-state index in [0.717, 1.165) is 0 Å². The van der Waals surface area contributed by atoms with Gasteiger partial charge in [-0.25, -0.2) is 9.18 Å². The van der Waals surface area contributed by atoms with Gasteiger partial charge in [-0.05, 0) is 25.0 Å². The zero-order valence-electron chi connectivity index (χ0n) is 9.87. The van der Waals surface area contributed by atoms with Crippen molar-refractivity contribution in [3.8, 4) is 0 Å². The van der Waals surface area contributed by atoms with Gasteiger partial charge in [-0.1, -0.05) is 17.7 Å². The zero-order chi connectivity index (χ0) is 14.0. The molecule has 5 nitrogen and oxygen atoms in total. The van der Waals surface area contributed by atoms with E-state index in [1.54, 1.807) is 0 Å². The van der Waals surface area contributed by atoms with Crippen molar-refractivity contribution in [1.82, 2.24) is 5.32 Å². The Morgan fingerprint density at radius 1 is 1.42 bits per heavy atom.